The fourth-order valence-corrected chi connectivity index (χ4v) is 11.8. The number of nitrogens with one attached hydrogen (secondary N) is 3. The molecule has 8 heterocycles. The van der Waals surface area contributed by atoms with Gasteiger partial charge in [0.15, 0.2) is 0 Å². The number of hydrogen-bond donors (Lipinski definition) is 3. The number of amides is 3. The predicted molar refractivity (Wildman–Crippen MR) is 231 cm³/mol. The smallest absolute Gasteiger partial charge is 0.329 e. The van der Waals surface area contributed by atoms with E-state index in [-0.39, 0.29) is 35.2 Å². The van der Waals surface area contributed by atoms with Gasteiger partial charge in [-0.3, -0.25) is 33.8 Å². The number of rotatable bonds is 6. The van der Waals surface area contributed by atoms with Gasteiger partial charge in [0.05, 0.1) is 39.1 Å². The van der Waals surface area contributed by atoms with Crippen molar-refractivity contribution >= 4 is 40.1 Å². The van der Waals surface area contributed by atoms with E-state index >= 15 is 4.39 Å². The number of pyridine rings is 1. The largest absolute Gasteiger partial charge is 0.371 e. The molecule has 11 rings (SSSR count). The molecule has 1 spiro atoms. The molecule has 5 aliphatic heterocycles. The van der Waals surface area contributed by atoms with Crippen LogP contribution in [0, 0.1) is 17.7 Å². The highest BCUT2D eigenvalue weighted by Gasteiger charge is 2.50. The minimum atomic E-state index is -0.701. The van der Waals surface area contributed by atoms with Crippen LogP contribution in [0.2, 0.25) is 0 Å². The van der Waals surface area contributed by atoms with Crippen molar-refractivity contribution in [3.05, 3.63) is 87.3 Å². The number of aryl methyl sites for hydroxylation is 2. The van der Waals surface area contributed by atoms with Gasteiger partial charge in [0, 0.05) is 88.0 Å². The highest BCUT2D eigenvalue weighted by molar-refractivity contribution is 6.02. The molecule has 4 saturated heterocycles. The average Bonchev–Trinajstić information content (AvgIpc) is 3.78. The fraction of sp³-hybridized carbons (Fsp3) is 0.468. The Kier molecular flexibility index (Phi) is 9.03. The summed E-state index contributed by atoms with van der Waals surface area (Å²) in [6.07, 6.45) is 9.46. The van der Waals surface area contributed by atoms with Gasteiger partial charge in [0.1, 0.15) is 11.9 Å². The summed E-state index contributed by atoms with van der Waals surface area (Å²) in [6.45, 7) is 6.03. The van der Waals surface area contributed by atoms with Gasteiger partial charge in [-0.25, -0.2) is 9.18 Å². The van der Waals surface area contributed by atoms with Crippen LogP contribution in [-0.2, 0) is 34.9 Å². The van der Waals surface area contributed by atoms with E-state index in [0.29, 0.717) is 36.1 Å². The number of carbonyl (C=O) groups is 3. The molecule has 6 aliphatic rings. The van der Waals surface area contributed by atoms with Gasteiger partial charge in [0.2, 0.25) is 11.8 Å². The number of para-hydroxylation sites is 1. The SMILES string of the molecule is CN1CC2(CNC(=O)c3c2[nH]c2c3CCc3cnc(-c4ccc(N5CCC(CC6CCN(c7cccc8c7n(C)c(=O)n8C7CCC(=O)NC7=O)CC6)CC5)cc4F)cc3-2)C1. The number of likely N-dealkylation sites (N-methyl/N-ethyl adjacent to an activating group) is 1. The molecule has 61 heavy (non-hydrogen) atoms. The minimum Gasteiger partial charge on any atom is -0.371 e. The van der Waals surface area contributed by atoms with Crippen molar-refractivity contribution in [3.63, 3.8) is 0 Å². The first-order valence-corrected chi connectivity index (χ1v) is 22.1. The van der Waals surface area contributed by atoms with Crippen LogP contribution < -0.4 is 26.1 Å². The van der Waals surface area contributed by atoms with Crippen LogP contribution >= 0.6 is 0 Å². The predicted octanol–water partition coefficient (Wildman–Crippen LogP) is 5.06. The van der Waals surface area contributed by atoms with E-state index in [1.807, 2.05) is 36.5 Å². The summed E-state index contributed by atoms with van der Waals surface area (Å²) >= 11 is 0. The summed E-state index contributed by atoms with van der Waals surface area (Å²) in [5, 5.41) is 5.56. The second-order valence-electron chi connectivity index (χ2n) is 18.7. The number of imidazole rings is 1. The van der Waals surface area contributed by atoms with E-state index in [0.717, 1.165) is 134 Å². The van der Waals surface area contributed by atoms with E-state index in [2.05, 4.69) is 43.4 Å². The molecule has 1 atom stereocenters. The molecule has 5 aromatic rings. The van der Waals surface area contributed by atoms with E-state index in [4.69, 9.17) is 4.98 Å². The van der Waals surface area contributed by atoms with Crippen molar-refractivity contribution in [3.8, 4) is 22.5 Å². The number of hydrogen-bond acceptors (Lipinski definition) is 8. The Morgan fingerprint density at radius 3 is 2.33 bits per heavy atom. The van der Waals surface area contributed by atoms with Gasteiger partial charge in [-0.2, -0.15) is 0 Å². The third kappa shape index (κ3) is 6.22. The van der Waals surface area contributed by atoms with Crippen molar-refractivity contribution in [2.24, 2.45) is 18.9 Å². The molecule has 0 bridgehead atoms. The molecule has 0 radical (unpaired) electrons. The Morgan fingerprint density at radius 2 is 1.61 bits per heavy atom. The van der Waals surface area contributed by atoms with Crippen LogP contribution in [0.3, 0.4) is 0 Å². The number of aromatic nitrogens is 4. The van der Waals surface area contributed by atoms with Crippen LogP contribution in [0.4, 0.5) is 15.8 Å². The summed E-state index contributed by atoms with van der Waals surface area (Å²) in [4.78, 5) is 66.6. The maximum atomic E-state index is 16.0. The zero-order valence-electron chi connectivity index (χ0n) is 34.9. The number of fused-ring (bicyclic) bond motifs is 7. The summed E-state index contributed by atoms with van der Waals surface area (Å²) in [6, 6.07) is 12.8. The van der Waals surface area contributed by atoms with Gasteiger partial charge in [-0.05, 0) is 118 Å². The van der Waals surface area contributed by atoms with Crippen LogP contribution in [0.1, 0.15) is 78.2 Å². The zero-order chi connectivity index (χ0) is 41.7. The molecule has 3 aromatic heterocycles. The van der Waals surface area contributed by atoms with Crippen LogP contribution in [-0.4, -0.2) is 94.6 Å². The van der Waals surface area contributed by atoms with Gasteiger partial charge >= 0.3 is 5.69 Å². The Balaban J connectivity index is 0.729. The van der Waals surface area contributed by atoms with Crippen molar-refractivity contribution in [1.29, 1.82) is 0 Å². The van der Waals surface area contributed by atoms with E-state index in [1.54, 1.807) is 22.2 Å². The van der Waals surface area contributed by atoms with Crippen LogP contribution in [0.25, 0.3) is 33.5 Å². The maximum Gasteiger partial charge on any atom is 0.329 e. The third-order valence-corrected chi connectivity index (χ3v) is 14.9. The fourth-order valence-electron chi connectivity index (χ4n) is 11.8. The lowest BCUT2D eigenvalue weighted by atomic mass is 9.73. The summed E-state index contributed by atoms with van der Waals surface area (Å²) in [5.41, 5.74) is 10.3. The van der Waals surface area contributed by atoms with Crippen LogP contribution in [0.5, 0.6) is 0 Å². The molecular weight excluding hydrogens is 774 g/mol. The standard InChI is InChI=1S/C47H52FN9O4/c1-53-25-47(26-53)24-50-45(60)40-32-8-6-29-23-49-35(22-33(29)41(32)52-43(40)47)31-9-7-30(21-34(31)48)55-16-12-27(13-17-55)20-28-14-18-56(19-15-28)36-4-3-5-37-42(36)54(2)46(61)57(37)38-10-11-39(58)51-44(38)59/h3-5,7,9,21-23,27-28,38,52H,6,8,10-20,24-26H2,1-2H3,(H,50,60)(H,51,58,59). The van der Waals surface area contributed by atoms with Crippen molar-refractivity contribution in [2.45, 2.75) is 69.2 Å². The minimum absolute atomic E-state index is 0.000573. The average molecular weight is 826 g/mol. The maximum absolute atomic E-state index is 16.0. The normalized spacial score (nSPS) is 21.9. The molecular formula is C47H52FN9O4. The molecule has 3 amide bonds. The molecule has 1 unspecified atom stereocenters. The quantitative estimate of drug-likeness (QED) is 0.202. The Labute approximate surface area is 353 Å². The molecule has 0 saturated carbocycles. The summed E-state index contributed by atoms with van der Waals surface area (Å²) in [7, 11) is 3.87. The number of nitrogens with zero attached hydrogens (tertiary/aromatic N) is 6. The number of benzene rings is 2. The number of aromatic amines is 1. The molecule has 2 aromatic carbocycles. The molecule has 4 fully saturated rings. The molecule has 316 valence electrons. The van der Waals surface area contributed by atoms with E-state index in [9.17, 15) is 19.2 Å². The first-order chi connectivity index (χ1) is 29.5. The number of imide groups is 1. The lowest BCUT2D eigenvalue weighted by molar-refractivity contribution is -0.135. The Morgan fingerprint density at radius 1 is 0.852 bits per heavy atom. The number of carbonyl (C=O) groups excluding carboxylic acids is 3. The van der Waals surface area contributed by atoms with Gasteiger partial charge in [-0.15, -0.1) is 0 Å². The van der Waals surface area contributed by atoms with Gasteiger partial charge in [0.25, 0.3) is 5.91 Å². The third-order valence-electron chi connectivity index (χ3n) is 14.9. The number of anilines is 2. The Hall–Kier alpha value is -5.76. The molecule has 14 heteroatoms. The van der Waals surface area contributed by atoms with E-state index in [1.165, 1.54) is 6.42 Å². The first kappa shape index (κ1) is 38.2. The number of halogens is 1. The highest BCUT2D eigenvalue weighted by atomic mass is 19.1. The van der Waals surface area contributed by atoms with E-state index < -0.39 is 11.9 Å². The number of H-pyrrole nitrogens is 1. The topological polar surface area (TPSA) is 141 Å². The summed E-state index contributed by atoms with van der Waals surface area (Å²) in [5.74, 6) is 0.248. The monoisotopic (exact) mass is 825 g/mol. The number of likely N-dealkylation sites (tertiary alicyclic amines) is 1. The Bertz CT molecular complexity index is 2690. The first-order valence-electron chi connectivity index (χ1n) is 22.1. The van der Waals surface area contributed by atoms with Crippen molar-refractivity contribution in [1.82, 2.24) is 34.6 Å². The van der Waals surface area contributed by atoms with Gasteiger partial charge in [-0.1, -0.05) is 6.07 Å². The molecule has 13 nitrogen and oxygen atoms in total. The molecule has 3 N–H and O–H groups in total. The van der Waals surface area contributed by atoms with Gasteiger partial charge < -0.3 is 25.0 Å². The van der Waals surface area contributed by atoms with Crippen molar-refractivity contribution < 1.29 is 18.8 Å². The second-order valence-corrected chi connectivity index (χ2v) is 18.7. The second kappa shape index (κ2) is 14.4. The van der Waals surface area contributed by atoms with Crippen molar-refractivity contribution in [2.75, 3.05) is 62.7 Å². The van der Waals surface area contributed by atoms with Crippen LogP contribution in [0.15, 0.2) is 53.5 Å². The molecule has 1 aliphatic carbocycles. The lowest BCUT2D eigenvalue weighted by Crippen LogP contribution is -2.65. The zero-order valence-corrected chi connectivity index (χ0v) is 34.9. The highest BCUT2D eigenvalue weighted by Crippen LogP contribution is 2.45. The number of piperidine rings is 3. The lowest BCUT2D eigenvalue weighted by Gasteiger charge is -2.50. The summed E-state index contributed by atoms with van der Waals surface area (Å²) < 4.78 is 19.3.